The highest BCUT2D eigenvalue weighted by atomic mass is 79.9. The number of aryl methyl sites for hydroxylation is 1. The van der Waals surface area contributed by atoms with Gasteiger partial charge in [0.05, 0.1) is 17.7 Å². The Morgan fingerprint density at radius 3 is 2.86 bits per heavy atom. The third kappa shape index (κ3) is 5.00. The molecule has 0 saturated heterocycles. The van der Waals surface area contributed by atoms with Gasteiger partial charge >= 0.3 is 0 Å². The third-order valence-corrected chi connectivity index (χ3v) is 5.78. The van der Waals surface area contributed by atoms with E-state index in [-0.39, 0.29) is 0 Å². The van der Waals surface area contributed by atoms with Gasteiger partial charge in [-0.3, -0.25) is 0 Å². The van der Waals surface area contributed by atoms with Crippen LogP contribution in [0.25, 0.3) is 21.8 Å². The third-order valence-electron chi connectivity index (χ3n) is 5.34. The molecule has 35 heavy (non-hydrogen) atoms. The van der Waals surface area contributed by atoms with Crippen molar-refractivity contribution in [2.45, 2.75) is 13.0 Å². The van der Waals surface area contributed by atoms with E-state index >= 15 is 0 Å². The van der Waals surface area contributed by atoms with Crippen LogP contribution in [0, 0.1) is 11.8 Å². The summed E-state index contributed by atoms with van der Waals surface area (Å²) >= 11 is 3.35. The SMILES string of the molecule is CNc1ncc(C#Cc2ccc3nnn(CCCOc4cccc(Br)n4)c3c2)c2cc(N)ncc12. The monoisotopic (exact) mass is 528 g/mol. The van der Waals surface area contributed by atoms with Crippen molar-refractivity contribution in [3.05, 3.63) is 70.6 Å². The maximum absolute atomic E-state index is 5.92. The molecule has 0 fully saturated rings. The highest BCUT2D eigenvalue weighted by molar-refractivity contribution is 9.10. The van der Waals surface area contributed by atoms with Gasteiger partial charge in [0.2, 0.25) is 5.88 Å². The average Bonchev–Trinajstić information content (AvgIpc) is 3.27. The minimum atomic E-state index is 0.435. The van der Waals surface area contributed by atoms with Gasteiger partial charge in [-0.05, 0) is 46.3 Å². The molecule has 0 aliphatic heterocycles. The van der Waals surface area contributed by atoms with Gasteiger partial charge < -0.3 is 15.8 Å². The van der Waals surface area contributed by atoms with E-state index in [0.29, 0.717) is 24.8 Å². The molecule has 0 aliphatic carbocycles. The molecule has 0 bridgehead atoms. The number of aromatic nitrogens is 6. The number of anilines is 2. The molecule has 0 radical (unpaired) electrons. The van der Waals surface area contributed by atoms with Crippen molar-refractivity contribution in [2.24, 2.45) is 0 Å². The lowest BCUT2D eigenvalue weighted by Gasteiger charge is -2.07. The number of ether oxygens (including phenoxy) is 1. The number of hydrogen-bond donors (Lipinski definition) is 2. The van der Waals surface area contributed by atoms with Crippen LogP contribution in [-0.4, -0.2) is 43.6 Å². The van der Waals surface area contributed by atoms with E-state index in [1.165, 1.54) is 0 Å². The van der Waals surface area contributed by atoms with Crippen LogP contribution >= 0.6 is 15.9 Å². The first kappa shape index (κ1) is 22.6. The predicted octanol–water partition coefficient (Wildman–Crippen LogP) is 4.02. The fourth-order valence-corrected chi connectivity index (χ4v) is 3.99. The van der Waals surface area contributed by atoms with Gasteiger partial charge in [0.15, 0.2) is 0 Å². The van der Waals surface area contributed by atoms with Gasteiger partial charge in [-0.2, -0.15) is 0 Å². The largest absolute Gasteiger partial charge is 0.478 e. The van der Waals surface area contributed by atoms with Crippen molar-refractivity contribution >= 4 is 49.4 Å². The first-order valence-electron chi connectivity index (χ1n) is 10.9. The Balaban J connectivity index is 1.35. The van der Waals surface area contributed by atoms with Gasteiger partial charge in [0.1, 0.15) is 21.8 Å². The lowest BCUT2D eigenvalue weighted by Crippen LogP contribution is -2.06. The number of nitrogens with two attached hydrogens (primary N) is 1. The zero-order chi connectivity index (χ0) is 24.2. The van der Waals surface area contributed by atoms with Crippen molar-refractivity contribution in [1.29, 1.82) is 0 Å². The molecule has 3 N–H and O–H groups in total. The molecule has 9 nitrogen and oxygen atoms in total. The van der Waals surface area contributed by atoms with E-state index in [9.17, 15) is 0 Å². The topological polar surface area (TPSA) is 117 Å². The van der Waals surface area contributed by atoms with E-state index in [1.807, 2.05) is 54.2 Å². The Morgan fingerprint density at radius 2 is 2.00 bits per heavy atom. The summed E-state index contributed by atoms with van der Waals surface area (Å²) in [5.41, 5.74) is 9.27. The molecule has 0 amide bonds. The predicted molar refractivity (Wildman–Crippen MR) is 139 cm³/mol. The van der Waals surface area contributed by atoms with E-state index in [0.717, 1.165) is 49.8 Å². The van der Waals surface area contributed by atoms with Crippen molar-refractivity contribution < 1.29 is 4.74 Å². The van der Waals surface area contributed by atoms with Gasteiger partial charge in [-0.25, -0.2) is 19.6 Å². The Bertz CT molecular complexity index is 1590. The number of nitrogen functional groups attached to an aromatic ring is 1. The fourth-order valence-electron chi connectivity index (χ4n) is 3.66. The Hall–Kier alpha value is -4.23. The second-order valence-electron chi connectivity index (χ2n) is 7.69. The second kappa shape index (κ2) is 9.95. The second-order valence-corrected chi connectivity index (χ2v) is 8.50. The van der Waals surface area contributed by atoms with Crippen LogP contribution in [-0.2, 0) is 6.54 Å². The minimum absolute atomic E-state index is 0.435. The zero-order valence-corrected chi connectivity index (χ0v) is 20.5. The number of hydrogen-bond acceptors (Lipinski definition) is 8. The van der Waals surface area contributed by atoms with Gasteiger partial charge in [-0.1, -0.05) is 23.1 Å². The Labute approximate surface area is 209 Å². The highest BCUT2D eigenvalue weighted by Gasteiger charge is 2.08. The van der Waals surface area contributed by atoms with Crippen LogP contribution in [0.2, 0.25) is 0 Å². The Kier molecular flexibility index (Phi) is 6.41. The molecule has 0 aliphatic rings. The lowest BCUT2D eigenvalue weighted by atomic mass is 10.1. The summed E-state index contributed by atoms with van der Waals surface area (Å²) in [5.74, 6) is 8.22. The van der Waals surface area contributed by atoms with Crippen LogP contribution in [0.4, 0.5) is 11.6 Å². The summed E-state index contributed by atoms with van der Waals surface area (Å²) in [6.07, 6.45) is 4.21. The number of rotatable bonds is 6. The quantitative estimate of drug-likeness (QED) is 0.193. The molecule has 5 aromatic rings. The molecule has 0 atom stereocenters. The Morgan fingerprint density at radius 1 is 1.09 bits per heavy atom. The summed E-state index contributed by atoms with van der Waals surface area (Å²) in [6, 6.07) is 13.2. The normalized spacial score (nSPS) is 10.8. The number of nitrogens with zero attached hydrogens (tertiary/aromatic N) is 6. The fraction of sp³-hybridized carbons (Fsp3) is 0.160. The van der Waals surface area contributed by atoms with Gasteiger partial charge in [0.25, 0.3) is 0 Å². The molecule has 4 heterocycles. The van der Waals surface area contributed by atoms with E-state index in [1.54, 1.807) is 12.4 Å². The maximum atomic E-state index is 5.92. The number of benzene rings is 1. The number of fused-ring (bicyclic) bond motifs is 2. The molecule has 0 unspecified atom stereocenters. The lowest BCUT2D eigenvalue weighted by molar-refractivity contribution is 0.288. The molecular formula is C25H21BrN8O. The molecule has 10 heteroatoms. The molecule has 0 spiro atoms. The summed E-state index contributed by atoms with van der Waals surface area (Å²) < 4.78 is 8.33. The average molecular weight is 529 g/mol. The number of nitrogens with one attached hydrogen (secondary N) is 1. The van der Waals surface area contributed by atoms with Crippen LogP contribution < -0.4 is 15.8 Å². The molecule has 1 aromatic carbocycles. The van der Waals surface area contributed by atoms with Gasteiger partial charge in [-0.15, -0.1) is 5.10 Å². The molecule has 5 rings (SSSR count). The van der Waals surface area contributed by atoms with Crippen LogP contribution in [0.1, 0.15) is 17.5 Å². The first-order valence-corrected chi connectivity index (χ1v) is 11.7. The van der Waals surface area contributed by atoms with E-state index in [2.05, 4.69) is 58.4 Å². The maximum Gasteiger partial charge on any atom is 0.214 e. The van der Waals surface area contributed by atoms with Crippen molar-refractivity contribution in [2.75, 3.05) is 24.7 Å². The molecule has 174 valence electrons. The van der Waals surface area contributed by atoms with E-state index < -0.39 is 0 Å². The zero-order valence-electron chi connectivity index (χ0n) is 18.9. The summed E-state index contributed by atoms with van der Waals surface area (Å²) in [5, 5.41) is 13.4. The van der Waals surface area contributed by atoms with E-state index in [4.69, 9.17) is 10.5 Å². The first-order chi connectivity index (χ1) is 17.1. The van der Waals surface area contributed by atoms with Gasteiger partial charge in [0, 0.05) is 54.8 Å². The van der Waals surface area contributed by atoms with Crippen LogP contribution in [0.15, 0.2) is 59.5 Å². The summed E-state index contributed by atoms with van der Waals surface area (Å²) in [6.45, 7) is 1.18. The standard InChI is InChI=1S/C25H21BrN8O/c1-28-25-19-15-29-23(27)13-18(19)17(14-30-25)8-6-16-7-9-20-21(12-16)34(33-32-20)10-3-11-35-24-5-2-4-22(26)31-24/h2,4-5,7,9,12-15H,3,10-11H2,1H3,(H2,27,29)(H,28,30). The summed E-state index contributed by atoms with van der Waals surface area (Å²) in [4.78, 5) is 12.9. The number of pyridine rings is 3. The smallest absolute Gasteiger partial charge is 0.214 e. The molecular weight excluding hydrogens is 508 g/mol. The number of halogens is 1. The minimum Gasteiger partial charge on any atom is -0.478 e. The molecule has 0 saturated carbocycles. The van der Waals surface area contributed by atoms with Crippen molar-refractivity contribution in [3.63, 3.8) is 0 Å². The van der Waals surface area contributed by atoms with Crippen molar-refractivity contribution in [1.82, 2.24) is 29.9 Å². The van der Waals surface area contributed by atoms with Crippen LogP contribution in [0.5, 0.6) is 5.88 Å². The summed E-state index contributed by atoms with van der Waals surface area (Å²) in [7, 11) is 1.82. The van der Waals surface area contributed by atoms with Crippen LogP contribution in [0.3, 0.4) is 0 Å². The van der Waals surface area contributed by atoms with Crippen molar-refractivity contribution in [3.8, 4) is 17.7 Å². The molecule has 4 aromatic heterocycles. The highest BCUT2D eigenvalue weighted by Crippen LogP contribution is 2.24.